The maximum atomic E-state index is 3.26. The lowest BCUT2D eigenvalue weighted by molar-refractivity contribution is 0.0989. The Morgan fingerprint density at radius 2 is 1.88 bits per heavy atom. The van der Waals surface area contributed by atoms with Crippen LogP contribution in [0.1, 0.15) is 46.5 Å². The summed E-state index contributed by atoms with van der Waals surface area (Å²) in [6.07, 6.45) is 5.48. The van der Waals surface area contributed by atoms with Crippen LogP contribution in [-0.4, -0.2) is 37.6 Å². The maximum absolute atomic E-state index is 3.26. The summed E-state index contributed by atoms with van der Waals surface area (Å²) in [7, 11) is 2.06. The largest absolute Gasteiger partial charge is 0.320 e. The Hall–Kier alpha value is -0.0800. The summed E-state index contributed by atoms with van der Waals surface area (Å²) in [4.78, 5) is 2.72. The highest BCUT2D eigenvalue weighted by Gasteiger charge is 2.25. The summed E-state index contributed by atoms with van der Waals surface area (Å²) in [6.45, 7) is 10.9. The van der Waals surface area contributed by atoms with Crippen LogP contribution in [-0.2, 0) is 0 Å². The second-order valence-corrected chi connectivity index (χ2v) is 5.59. The van der Waals surface area contributed by atoms with Crippen molar-refractivity contribution in [3.05, 3.63) is 0 Å². The molecule has 0 spiro atoms. The minimum Gasteiger partial charge on any atom is -0.320 e. The molecule has 1 saturated heterocycles. The molecule has 0 amide bonds. The molecule has 0 aliphatic carbocycles. The Morgan fingerprint density at radius 1 is 1.25 bits per heavy atom. The second-order valence-electron chi connectivity index (χ2n) is 5.59. The fourth-order valence-electron chi connectivity index (χ4n) is 3.07. The molecule has 16 heavy (non-hydrogen) atoms. The van der Waals surface area contributed by atoms with E-state index < -0.39 is 0 Å². The van der Waals surface area contributed by atoms with Gasteiger partial charge < -0.3 is 10.2 Å². The lowest BCUT2D eigenvalue weighted by atomic mass is 9.90. The van der Waals surface area contributed by atoms with Crippen LogP contribution in [0.25, 0.3) is 0 Å². The topological polar surface area (TPSA) is 15.3 Å². The first-order valence-corrected chi connectivity index (χ1v) is 7.07. The first-order valence-electron chi connectivity index (χ1n) is 7.07. The van der Waals surface area contributed by atoms with Crippen LogP contribution < -0.4 is 5.32 Å². The molecule has 0 saturated carbocycles. The zero-order valence-electron chi connectivity index (χ0n) is 11.6. The summed E-state index contributed by atoms with van der Waals surface area (Å²) < 4.78 is 0. The predicted octanol–water partition coefficient (Wildman–Crippen LogP) is 2.74. The van der Waals surface area contributed by atoms with E-state index >= 15 is 0 Å². The normalized spacial score (nSPS) is 21.6. The molecule has 0 radical (unpaired) electrons. The van der Waals surface area contributed by atoms with E-state index in [1.807, 2.05) is 0 Å². The molecule has 1 fully saturated rings. The third kappa shape index (κ3) is 4.06. The van der Waals surface area contributed by atoms with Crippen LogP contribution in [0.15, 0.2) is 0 Å². The van der Waals surface area contributed by atoms with Gasteiger partial charge >= 0.3 is 0 Å². The minimum absolute atomic E-state index is 0.804. The molecule has 0 aromatic carbocycles. The first-order chi connectivity index (χ1) is 7.69. The number of nitrogens with zero attached hydrogens (tertiary/aromatic N) is 1. The van der Waals surface area contributed by atoms with Crippen molar-refractivity contribution >= 4 is 0 Å². The van der Waals surface area contributed by atoms with E-state index in [4.69, 9.17) is 0 Å². The Bertz CT molecular complexity index is 172. The van der Waals surface area contributed by atoms with E-state index in [1.165, 1.54) is 45.3 Å². The quantitative estimate of drug-likeness (QED) is 0.749. The molecule has 1 aliphatic rings. The summed E-state index contributed by atoms with van der Waals surface area (Å²) in [5.74, 6) is 1.77. The van der Waals surface area contributed by atoms with E-state index in [0.717, 1.165) is 17.9 Å². The second kappa shape index (κ2) is 7.29. The van der Waals surface area contributed by atoms with Crippen molar-refractivity contribution in [2.24, 2.45) is 11.8 Å². The van der Waals surface area contributed by atoms with Gasteiger partial charge in [0, 0.05) is 6.04 Å². The van der Waals surface area contributed by atoms with Crippen molar-refractivity contribution in [2.75, 3.05) is 26.7 Å². The van der Waals surface area contributed by atoms with Crippen LogP contribution in [0.2, 0.25) is 0 Å². The summed E-state index contributed by atoms with van der Waals surface area (Å²) in [5.41, 5.74) is 0. The Balaban J connectivity index is 2.30. The van der Waals surface area contributed by atoms with Gasteiger partial charge in [-0.1, -0.05) is 20.8 Å². The van der Waals surface area contributed by atoms with Crippen LogP contribution in [0.5, 0.6) is 0 Å². The van der Waals surface area contributed by atoms with Crippen molar-refractivity contribution in [3.8, 4) is 0 Å². The maximum Gasteiger partial charge on any atom is 0.0116 e. The van der Waals surface area contributed by atoms with Crippen LogP contribution in [0.4, 0.5) is 0 Å². The van der Waals surface area contributed by atoms with Crippen LogP contribution in [0, 0.1) is 11.8 Å². The molecule has 0 aromatic heterocycles. The predicted molar refractivity (Wildman–Crippen MR) is 71.8 cm³/mol. The fraction of sp³-hybridized carbons (Fsp3) is 1.00. The van der Waals surface area contributed by atoms with E-state index in [0.29, 0.717) is 0 Å². The number of rotatable bonds is 6. The van der Waals surface area contributed by atoms with E-state index in [2.05, 4.69) is 38.0 Å². The van der Waals surface area contributed by atoms with Gasteiger partial charge in [-0.25, -0.2) is 0 Å². The van der Waals surface area contributed by atoms with E-state index in [-0.39, 0.29) is 0 Å². The molecular formula is C14H30N2. The zero-order chi connectivity index (χ0) is 12.0. The van der Waals surface area contributed by atoms with Crippen LogP contribution >= 0.6 is 0 Å². The average molecular weight is 226 g/mol. The van der Waals surface area contributed by atoms with Gasteiger partial charge in [0.25, 0.3) is 0 Å². The molecule has 0 bridgehead atoms. The monoisotopic (exact) mass is 226 g/mol. The molecule has 2 nitrogen and oxygen atoms in total. The van der Waals surface area contributed by atoms with Gasteiger partial charge in [-0.05, 0) is 64.2 Å². The van der Waals surface area contributed by atoms with Gasteiger partial charge in [0.05, 0.1) is 0 Å². The van der Waals surface area contributed by atoms with Crippen molar-refractivity contribution in [3.63, 3.8) is 0 Å². The number of hydrogen-bond donors (Lipinski definition) is 1. The van der Waals surface area contributed by atoms with Gasteiger partial charge in [-0.15, -0.1) is 0 Å². The molecular weight excluding hydrogens is 196 g/mol. The highest BCUT2D eigenvalue weighted by Crippen LogP contribution is 2.24. The average Bonchev–Trinajstić information content (AvgIpc) is 2.28. The standard InChI is InChI=1S/C14H30N2/c1-5-14(12(2)3)16-10-7-13(8-11-16)6-9-15-4/h12-15H,5-11H2,1-4H3. The third-order valence-electron chi connectivity index (χ3n) is 4.11. The number of nitrogens with one attached hydrogen (secondary N) is 1. The van der Waals surface area contributed by atoms with Gasteiger partial charge in [0.15, 0.2) is 0 Å². The molecule has 0 aromatic rings. The number of likely N-dealkylation sites (tertiary alicyclic amines) is 1. The first kappa shape index (κ1) is 14.0. The van der Waals surface area contributed by atoms with E-state index in [9.17, 15) is 0 Å². The molecule has 2 heteroatoms. The molecule has 1 unspecified atom stereocenters. The minimum atomic E-state index is 0.804. The van der Waals surface area contributed by atoms with Gasteiger partial charge in [-0.3, -0.25) is 0 Å². The van der Waals surface area contributed by atoms with Crippen molar-refractivity contribution in [1.82, 2.24) is 10.2 Å². The fourth-order valence-corrected chi connectivity index (χ4v) is 3.07. The van der Waals surface area contributed by atoms with Crippen LogP contribution in [0.3, 0.4) is 0 Å². The van der Waals surface area contributed by atoms with Gasteiger partial charge in [0.2, 0.25) is 0 Å². The lowest BCUT2D eigenvalue weighted by Crippen LogP contribution is -2.44. The summed E-state index contributed by atoms with van der Waals surface area (Å²) in [5, 5.41) is 3.26. The molecule has 96 valence electrons. The third-order valence-corrected chi connectivity index (χ3v) is 4.11. The van der Waals surface area contributed by atoms with Crippen molar-refractivity contribution in [2.45, 2.75) is 52.5 Å². The molecule has 1 rings (SSSR count). The van der Waals surface area contributed by atoms with E-state index in [1.54, 1.807) is 0 Å². The molecule has 1 N–H and O–H groups in total. The number of piperidine rings is 1. The molecule has 1 atom stereocenters. The molecule has 1 aliphatic heterocycles. The lowest BCUT2D eigenvalue weighted by Gasteiger charge is -2.39. The summed E-state index contributed by atoms with van der Waals surface area (Å²) >= 11 is 0. The Labute approximate surface area is 102 Å². The van der Waals surface area contributed by atoms with Crippen molar-refractivity contribution in [1.29, 1.82) is 0 Å². The number of hydrogen-bond acceptors (Lipinski definition) is 2. The highest BCUT2D eigenvalue weighted by molar-refractivity contribution is 4.79. The van der Waals surface area contributed by atoms with Gasteiger partial charge in [-0.2, -0.15) is 0 Å². The highest BCUT2D eigenvalue weighted by atomic mass is 15.2. The zero-order valence-corrected chi connectivity index (χ0v) is 11.6. The molecule has 1 heterocycles. The summed E-state index contributed by atoms with van der Waals surface area (Å²) in [6, 6.07) is 0.810. The Kier molecular flexibility index (Phi) is 6.37. The van der Waals surface area contributed by atoms with Crippen molar-refractivity contribution < 1.29 is 0 Å². The smallest absolute Gasteiger partial charge is 0.0116 e. The SMILES string of the molecule is CCC(C(C)C)N1CCC(CCNC)CC1. The Morgan fingerprint density at radius 3 is 2.31 bits per heavy atom. The van der Waals surface area contributed by atoms with Gasteiger partial charge in [0.1, 0.15) is 0 Å².